The number of alkyl halides is 1. The summed E-state index contributed by atoms with van der Waals surface area (Å²) in [5, 5.41) is -0.0348. The Bertz CT molecular complexity index is 352. The number of hydrogen-bond acceptors (Lipinski definition) is 1. The molecule has 1 aromatic rings. The number of halogens is 4. The fourth-order valence-corrected chi connectivity index (χ4v) is 1.18. The second-order valence-corrected chi connectivity index (χ2v) is 3.01. The summed E-state index contributed by atoms with van der Waals surface area (Å²) < 4.78 is 25.6. The molecule has 0 N–H and O–H groups in total. The predicted molar refractivity (Wildman–Crippen MR) is 46.4 cm³/mol. The fraction of sp³-hybridized carbons (Fsp3) is 0.125. The molecule has 13 heavy (non-hydrogen) atoms. The lowest BCUT2D eigenvalue weighted by Crippen LogP contribution is -2.05. The van der Waals surface area contributed by atoms with Crippen LogP contribution in [0.25, 0.3) is 0 Å². The van der Waals surface area contributed by atoms with Crippen LogP contribution in [-0.2, 0) is 0 Å². The molecule has 0 heterocycles. The number of carbonyl (C=O) groups is 1. The van der Waals surface area contributed by atoms with E-state index in [4.69, 9.17) is 23.2 Å². The van der Waals surface area contributed by atoms with Crippen LogP contribution in [0.3, 0.4) is 0 Å². The smallest absolute Gasteiger partial charge is 0.180 e. The third-order valence-electron chi connectivity index (χ3n) is 1.41. The summed E-state index contributed by atoms with van der Waals surface area (Å²) in [5.41, 5.74) is -0.417. The molecule has 0 unspecified atom stereocenters. The van der Waals surface area contributed by atoms with Gasteiger partial charge in [-0.3, -0.25) is 4.79 Å². The van der Waals surface area contributed by atoms with Crippen molar-refractivity contribution in [3.63, 3.8) is 0 Å². The summed E-state index contributed by atoms with van der Waals surface area (Å²) in [5.74, 6) is -3.46. The molecule has 0 spiro atoms. The van der Waals surface area contributed by atoms with E-state index < -0.39 is 28.9 Å². The second-order valence-electron chi connectivity index (χ2n) is 2.31. The maximum atomic E-state index is 12.9. The number of rotatable bonds is 2. The van der Waals surface area contributed by atoms with E-state index >= 15 is 0 Å². The van der Waals surface area contributed by atoms with Crippen molar-refractivity contribution in [3.05, 3.63) is 34.4 Å². The molecule has 1 nitrogen and oxygen atoms in total. The molecule has 0 aromatic heterocycles. The summed E-state index contributed by atoms with van der Waals surface area (Å²) >= 11 is 10.6. The van der Waals surface area contributed by atoms with Gasteiger partial charge in [0.15, 0.2) is 17.4 Å². The first-order valence-corrected chi connectivity index (χ1v) is 4.21. The van der Waals surface area contributed by atoms with Gasteiger partial charge < -0.3 is 0 Å². The average molecular weight is 225 g/mol. The highest BCUT2D eigenvalue weighted by molar-refractivity contribution is 6.32. The van der Waals surface area contributed by atoms with E-state index in [0.29, 0.717) is 0 Å². The Morgan fingerprint density at radius 3 is 2.54 bits per heavy atom. The molecule has 0 saturated heterocycles. The van der Waals surface area contributed by atoms with E-state index in [2.05, 4.69) is 0 Å². The molecule has 1 aromatic carbocycles. The van der Waals surface area contributed by atoms with Crippen molar-refractivity contribution in [2.24, 2.45) is 0 Å². The Labute approximate surface area is 83.3 Å². The maximum Gasteiger partial charge on any atom is 0.180 e. The Hall–Kier alpha value is -0.670. The van der Waals surface area contributed by atoms with Gasteiger partial charge in [-0.05, 0) is 12.1 Å². The van der Waals surface area contributed by atoms with Gasteiger partial charge in [-0.2, -0.15) is 0 Å². The van der Waals surface area contributed by atoms with Crippen LogP contribution in [0.15, 0.2) is 12.1 Å². The standard InChI is InChI=1S/C8H4Cl2F2O/c9-3-7(13)5-1-4(10)2-6(11)8(5)12/h1-2H,3H2. The lowest BCUT2D eigenvalue weighted by atomic mass is 10.1. The van der Waals surface area contributed by atoms with Crippen molar-refractivity contribution >= 4 is 29.0 Å². The minimum Gasteiger partial charge on any atom is -0.293 e. The third kappa shape index (κ3) is 2.17. The molecular formula is C8H4Cl2F2O. The molecule has 1 rings (SSSR count). The van der Waals surface area contributed by atoms with Gasteiger partial charge in [0.25, 0.3) is 0 Å². The predicted octanol–water partition coefficient (Wildman–Crippen LogP) is 3.04. The van der Waals surface area contributed by atoms with Gasteiger partial charge >= 0.3 is 0 Å². The van der Waals surface area contributed by atoms with Gasteiger partial charge in [0.1, 0.15) is 0 Å². The van der Waals surface area contributed by atoms with Crippen molar-refractivity contribution in [1.82, 2.24) is 0 Å². The fourth-order valence-electron chi connectivity index (χ4n) is 0.831. The average Bonchev–Trinajstić information content (AvgIpc) is 2.10. The van der Waals surface area contributed by atoms with Gasteiger partial charge in [0.05, 0.1) is 11.4 Å². The largest absolute Gasteiger partial charge is 0.293 e. The zero-order chi connectivity index (χ0) is 10.0. The van der Waals surface area contributed by atoms with Crippen LogP contribution in [0.5, 0.6) is 0 Å². The van der Waals surface area contributed by atoms with Gasteiger partial charge in [-0.1, -0.05) is 11.6 Å². The molecule has 0 amide bonds. The number of carbonyl (C=O) groups excluding carboxylic acids is 1. The number of Topliss-reactive ketones (excluding diaryl/α,β-unsaturated/α-hetero) is 1. The molecule has 0 fully saturated rings. The molecule has 0 aliphatic rings. The van der Waals surface area contributed by atoms with Crippen LogP contribution in [0.4, 0.5) is 8.78 Å². The maximum absolute atomic E-state index is 12.9. The minimum atomic E-state index is -1.21. The quantitative estimate of drug-likeness (QED) is 0.429. The molecule has 70 valence electrons. The second kappa shape index (κ2) is 4.03. The zero-order valence-electron chi connectivity index (χ0n) is 6.28. The number of benzene rings is 1. The monoisotopic (exact) mass is 224 g/mol. The highest BCUT2D eigenvalue weighted by Crippen LogP contribution is 2.19. The lowest BCUT2D eigenvalue weighted by molar-refractivity contribution is 0.101. The third-order valence-corrected chi connectivity index (χ3v) is 1.88. The summed E-state index contributed by atoms with van der Waals surface area (Å²) in [4.78, 5) is 10.9. The van der Waals surface area contributed by atoms with E-state index in [9.17, 15) is 13.6 Å². The van der Waals surface area contributed by atoms with Crippen molar-refractivity contribution < 1.29 is 13.6 Å². The van der Waals surface area contributed by atoms with Crippen molar-refractivity contribution in [3.8, 4) is 0 Å². The molecule has 0 bridgehead atoms. The summed E-state index contributed by atoms with van der Waals surface area (Å²) in [6.07, 6.45) is 0. The van der Waals surface area contributed by atoms with Crippen LogP contribution in [0, 0.1) is 11.6 Å². The van der Waals surface area contributed by atoms with E-state index in [1.807, 2.05) is 0 Å². The van der Waals surface area contributed by atoms with E-state index in [1.54, 1.807) is 0 Å². The van der Waals surface area contributed by atoms with E-state index in [-0.39, 0.29) is 5.02 Å². The van der Waals surface area contributed by atoms with Gasteiger partial charge in [0.2, 0.25) is 0 Å². The number of ketones is 1. The molecular weight excluding hydrogens is 221 g/mol. The zero-order valence-corrected chi connectivity index (χ0v) is 7.79. The van der Waals surface area contributed by atoms with E-state index in [1.165, 1.54) is 0 Å². The Morgan fingerprint density at radius 2 is 2.00 bits per heavy atom. The van der Waals surface area contributed by atoms with Gasteiger partial charge in [-0.15, -0.1) is 11.6 Å². The van der Waals surface area contributed by atoms with Crippen LogP contribution in [0.2, 0.25) is 5.02 Å². The lowest BCUT2D eigenvalue weighted by Gasteiger charge is -2.01. The highest BCUT2D eigenvalue weighted by Gasteiger charge is 2.15. The van der Waals surface area contributed by atoms with Crippen molar-refractivity contribution in [1.29, 1.82) is 0 Å². The first-order chi connectivity index (χ1) is 6.06. The van der Waals surface area contributed by atoms with Gasteiger partial charge in [0, 0.05) is 5.02 Å². The number of hydrogen-bond donors (Lipinski definition) is 0. The molecule has 0 aliphatic carbocycles. The van der Waals surface area contributed by atoms with Crippen LogP contribution >= 0.6 is 23.2 Å². The molecule has 0 radical (unpaired) electrons. The normalized spacial score (nSPS) is 10.2. The summed E-state index contributed by atoms with van der Waals surface area (Å²) in [6, 6.07) is 1.84. The SMILES string of the molecule is O=C(CCl)c1cc(Cl)cc(F)c1F. The van der Waals surface area contributed by atoms with Crippen LogP contribution in [0.1, 0.15) is 10.4 Å². The molecule has 0 aliphatic heterocycles. The van der Waals surface area contributed by atoms with Crippen molar-refractivity contribution in [2.75, 3.05) is 5.88 Å². The Balaban J connectivity index is 3.28. The Morgan fingerprint density at radius 1 is 1.38 bits per heavy atom. The van der Waals surface area contributed by atoms with Crippen LogP contribution in [-0.4, -0.2) is 11.7 Å². The van der Waals surface area contributed by atoms with Gasteiger partial charge in [-0.25, -0.2) is 8.78 Å². The van der Waals surface area contributed by atoms with Crippen molar-refractivity contribution in [2.45, 2.75) is 0 Å². The first-order valence-electron chi connectivity index (χ1n) is 3.30. The van der Waals surface area contributed by atoms with E-state index in [0.717, 1.165) is 12.1 Å². The summed E-state index contributed by atoms with van der Waals surface area (Å²) in [6.45, 7) is 0. The molecule has 0 saturated carbocycles. The summed E-state index contributed by atoms with van der Waals surface area (Å²) in [7, 11) is 0. The van der Waals surface area contributed by atoms with Crippen LogP contribution < -0.4 is 0 Å². The Kier molecular flexibility index (Phi) is 3.22. The topological polar surface area (TPSA) is 17.1 Å². The highest BCUT2D eigenvalue weighted by atomic mass is 35.5. The minimum absolute atomic E-state index is 0.0348. The first kappa shape index (κ1) is 10.4. The molecule has 5 heteroatoms. The molecule has 0 atom stereocenters.